The summed E-state index contributed by atoms with van der Waals surface area (Å²) in [6, 6.07) is 0.629. The van der Waals surface area contributed by atoms with E-state index in [-0.39, 0.29) is 0 Å². The largest absolute Gasteiger partial charge is 0.336 e. The van der Waals surface area contributed by atoms with E-state index in [4.69, 9.17) is 0 Å². The first-order chi connectivity index (χ1) is 8.40. The summed E-state index contributed by atoms with van der Waals surface area (Å²) in [5, 5.41) is 3.73. The highest BCUT2D eigenvalue weighted by atomic mass is 15.1. The summed E-state index contributed by atoms with van der Waals surface area (Å²) in [4.78, 5) is 4.14. The summed E-state index contributed by atoms with van der Waals surface area (Å²) in [7, 11) is 0. The number of hydrogen-bond acceptors (Lipinski definition) is 2. The van der Waals surface area contributed by atoms with Crippen molar-refractivity contribution in [2.24, 2.45) is 5.92 Å². The minimum absolute atomic E-state index is 0.629. The minimum Gasteiger partial charge on any atom is -0.336 e. The zero-order chi connectivity index (χ0) is 11.9. The molecule has 0 spiro atoms. The summed E-state index contributed by atoms with van der Waals surface area (Å²) < 4.78 is 2.21. The van der Waals surface area contributed by atoms with E-state index in [0.29, 0.717) is 6.04 Å². The van der Waals surface area contributed by atoms with Gasteiger partial charge in [-0.05, 0) is 31.7 Å². The average molecular weight is 235 g/mol. The molecule has 17 heavy (non-hydrogen) atoms. The molecule has 1 N–H and O–H groups in total. The second-order valence-corrected chi connectivity index (χ2v) is 5.22. The molecule has 1 atom stereocenters. The maximum Gasteiger partial charge on any atom is 0.0946 e. The molecule has 3 nitrogen and oxygen atoms in total. The van der Waals surface area contributed by atoms with Crippen LogP contribution < -0.4 is 5.32 Å². The van der Waals surface area contributed by atoms with E-state index in [9.17, 15) is 0 Å². The lowest BCUT2D eigenvalue weighted by molar-refractivity contribution is 0.248. The Morgan fingerprint density at radius 3 is 2.82 bits per heavy atom. The number of nitrogens with one attached hydrogen (secondary N) is 1. The summed E-state index contributed by atoms with van der Waals surface area (Å²) in [5.74, 6) is 0.859. The molecular weight excluding hydrogens is 210 g/mol. The van der Waals surface area contributed by atoms with Crippen LogP contribution in [0.5, 0.6) is 0 Å². The topological polar surface area (TPSA) is 29.9 Å². The molecule has 0 aliphatic heterocycles. The van der Waals surface area contributed by atoms with Crippen LogP contribution >= 0.6 is 0 Å². The highest BCUT2D eigenvalue weighted by Gasteiger charge is 2.23. The summed E-state index contributed by atoms with van der Waals surface area (Å²) in [6.07, 6.45) is 14.2. The van der Waals surface area contributed by atoms with Crippen molar-refractivity contribution >= 4 is 0 Å². The fourth-order valence-electron chi connectivity index (χ4n) is 2.87. The lowest BCUT2D eigenvalue weighted by atomic mass is 9.83. The van der Waals surface area contributed by atoms with Crippen molar-refractivity contribution in [3.8, 4) is 0 Å². The van der Waals surface area contributed by atoms with Crippen LogP contribution in [0.1, 0.15) is 45.4 Å². The van der Waals surface area contributed by atoms with Gasteiger partial charge in [0.1, 0.15) is 0 Å². The SMILES string of the molecule is CCCNC(Cn1ccnc1)C1CCCCC1. The molecule has 1 aliphatic carbocycles. The molecule has 2 rings (SSSR count). The molecule has 1 aromatic rings. The van der Waals surface area contributed by atoms with Crippen LogP contribution in [0.4, 0.5) is 0 Å². The number of rotatable bonds is 6. The van der Waals surface area contributed by atoms with Crippen molar-refractivity contribution < 1.29 is 0 Å². The predicted octanol–water partition coefficient (Wildman–Crippen LogP) is 2.83. The molecular formula is C14H25N3. The molecule has 0 aromatic carbocycles. The molecule has 0 saturated heterocycles. The maximum absolute atomic E-state index is 4.14. The van der Waals surface area contributed by atoms with E-state index in [1.54, 1.807) is 0 Å². The van der Waals surface area contributed by atoms with Gasteiger partial charge < -0.3 is 9.88 Å². The van der Waals surface area contributed by atoms with E-state index in [2.05, 4.69) is 28.0 Å². The summed E-state index contributed by atoms with van der Waals surface area (Å²) in [6.45, 7) is 4.45. The van der Waals surface area contributed by atoms with Crippen LogP contribution in [-0.4, -0.2) is 22.1 Å². The zero-order valence-corrected chi connectivity index (χ0v) is 10.9. The second-order valence-electron chi connectivity index (χ2n) is 5.22. The Balaban J connectivity index is 1.91. The van der Waals surface area contributed by atoms with Crippen LogP contribution in [0.15, 0.2) is 18.7 Å². The van der Waals surface area contributed by atoms with Crippen molar-refractivity contribution in [2.45, 2.75) is 58.0 Å². The normalized spacial score (nSPS) is 19.4. The molecule has 1 heterocycles. The minimum atomic E-state index is 0.629. The average Bonchev–Trinajstić information content (AvgIpc) is 2.88. The fourth-order valence-corrected chi connectivity index (χ4v) is 2.87. The van der Waals surface area contributed by atoms with E-state index in [0.717, 1.165) is 19.0 Å². The van der Waals surface area contributed by atoms with Gasteiger partial charge in [-0.15, -0.1) is 0 Å². The second kappa shape index (κ2) is 6.80. The lowest BCUT2D eigenvalue weighted by Gasteiger charge is -2.31. The molecule has 0 bridgehead atoms. The van der Waals surface area contributed by atoms with Gasteiger partial charge in [0.25, 0.3) is 0 Å². The Morgan fingerprint density at radius 1 is 1.35 bits per heavy atom. The molecule has 0 amide bonds. The van der Waals surface area contributed by atoms with Gasteiger partial charge in [0.05, 0.1) is 6.33 Å². The molecule has 96 valence electrons. The monoisotopic (exact) mass is 235 g/mol. The smallest absolute Gasteiger partial charge is 0.0946 e. The van der Waals surface area contributed by atoms with E-state index >= 15 is 0 Å². The third kappa shape index (κ3) is 3.84. The van der Waals surface area contributed by atoms with Crippen LogP contribution in [-0.2, 0) is 6.54 Å². The number of nitrogens with zero attached hydrogens (tertiary/aromatic N) is 2. The highest BCUT2D eigenvalue weighted by molar-refractivity contribution is 4.83. The predicted molar refractivity (Wildman–Crippen MR) is 70.9 cm³/mol. The first-order valence-corrected chi connectivity index (χ1v) is 7.09. The molecule has 1 fully saturated rings. The van der Waals surface area contributed by atoms with E-state index < -0.39 is 0 Å². The van der Waals surface area contributed by atoms with Gasteiger partial charge in [-0.25, -0.2) is 4.98 Å². The van der Waals surface area contributed by atoms with Gasteiger partial charge in [-0.2, -0.15) is 0 Å². The first kappa shape index (κ1) is 12.6. The van der Waals surface area contributed by atoms with Crippen molar-refractivity contribution in [3.63, 3.8) is 0 Å². The van der Waals surface area contributed by atoms with Crippen LogP contribution in [0.3, 0.4) is 0 Å². The molecule has 0 radical (unpaired) electrons. The molecule has 1 aliphatic rings. The Kier molecular flexibility index (Phi) is 5.05. The van der Waals surface area contributed by atoms with Gasteiger partial charge in [0.15, 0.2) is 0 Å². The Labute approximate surface area is 105 Å². The molecule has 1 unspecified atom stereocenters. The Hall–Kier alpha value is -0.830. The molecule has 1 saturated carbocycles. The van der Waals surface area contributed by atoms with Crippen molar-refractivity contribution in [3.05, 3.63) is 18.7 Å². The molecule has 3 heteroatoms. The van der Waals surface area contributed by atoms with Crippen molar-refractivity contribution in [2.75, 3.05) is 6.54 Å². The quantitative estimate of drug-likeness (QED) is 0.821. The number of aromatic nitrogens is 2. The van der Waals surface area contributed by atoms with Gasteiger partial charge in [0.2, 0.25) is 0 Å². The van der Waals surface area contributed by atoms with Crippen LogP contribution in [0, 0.1) is 5.92 Å². The standard InChI is InChI=1S/C14H25N3/c1-2-8-16-14(11-17-10-9-15-12-17)13-6-4-3-5-7-13/h9-10,12-14,16H,2-8,11H2,1H3. The maximum atomic E-state index is 4.14. The third-order valence-corrected chi connectivity index (χ3v) is 3.84. The molecule has 1 aromatic heterocycles. The first-order valence-electron chi connectivity index (χ1n) is 7.09. The third-order valence-electron chi connectivity index (χ3n) is 3.84. The van der Waals surface area contributed by atoms with Crippen LogP contribution in [0.2, 0.25) is 0 Å². The van der Waals surface area contributed by atoms with Gasteiger partial charge in [-0.1, -0.05) is 26.2 Å². The van der Waals surface area contributed by atoms with E-state index in [1.165, 1.54) is 38.5 Å². The zero-order valence-electron chi connectivity index (χ0n) is 10.9. The van der Waals surface area contributed by atoms with Gasteiger partial charge >= 0.3 is 0 Å². The van der Waals surface area contributed by atoms with Crippen molar-refractivity contribution in [1.29, 1.82) is 0 Å². The van der Waals surface area contributed by atoms with E-state index in [1.807, 2.05) is 12.5 Å². The van der Waals surface area contributed by atoms with Gasteiger partial charge in [-0.3, -0.25) is 0 Å². The summed E-state index contributed by atoms with van der Waals surface area (Å²) >= 11 is 0. The lowest BCUT2D eigenvalue weighted by Crippen LogP contribution is -2.40. The van der Waals surface area contributed by atoms with Crippen LogP contribution in [0.25, 0.3) is 0 Å². The van der Waals surface area contributed by atoms with Crippen molar-refractivity contribution in [1.82, 2.24) is 14.9 Å². The van der Waals surface area contributed by atoms with Gasteiger partial charge in [0, 0.05) is 25.0 Å². The highest BCUT2D eigenvalue weighted by Crippen LogP contribution is 2.27. The number of imidazole rings is 1. The Bertz CT molecular complexity index is 288. The Morgan fingerprint density at radius 2 is 2.18 bits per heavy atom. The summed E-state index contributed by atoms with van der Waals surface area (Å²) in [5.41, 5.74) is 0. The fraction of sp³-hybridized carbons (Fsp3) is 0.786. The number of hydrogen-bond donors (Lipinski definition) is 1.